The lowest BCUT2D eigenvalue weighted by Gasteiger charge is -2.20. The number of nitrogens with one attached hydrogen (secondary N) is 1. The number of methoxy groups -OCH3 is 1. The molecule has 29 heavy (non-hydrogen) atoms. The zero-order valence-corrected chi connectivity index (χ0v) is 18.7. The van der Waals surface area contributed by atoms with Crippen LogP contribution in [0.15, 0.2) is 23.1 Å². The van der Waals surface area contributed by atoms with E-state index < -0.39 is 12.0 Å². The van der Waals surface area contributed by atoms with Gasteiger partial charge in [-0.25, -0.2) is 4.79 Å². The van der Waals surface area contributed by atoms with Gasteiger partial charge in [0.1, 0.15) is 12.6 Å². The van der Waals surface area contributed by atoms with Gasteiger partial charge >= 0.3 is 5.97 Å². The fraction of sp³-hybridized carbons (Fsp3) is 0.526. The molecule has 1 aromatic carbocycles. The topological polar surface area (TPSA) is 105 Å². The highest BCUT2D eigenvalue weighted by Crippen LogP contribution is 2.35. The van der Waals surface area contributed by atoms with Crippen molar-refractivity contribution in [1.82, 2.24) is 10.2 Å². The third kappa shape index (κ3) is 10.0. The summed E-state index contributed by atoms with van der Waals surface area (Å²) in [5.41, 5.74) is 2.02. The number of rotatable bonds is 13. The molecule has 0 aliphatic carbocycles. The molecule has 1 unspecified atom stereocenters. The van der Waals surface area contributed by atoms with Crippen molar-refractivity contribution in [1.29, 1.82) is 0 Å². The van der Waals surface area contributed by atoms with Crippen LogP contribution in [0.1, 0.15) is 18.1 Å². The lowest BCUT2D eigenvalue weighted by Crippen LogP contribution is -2.47. The second-order valence-corrected chi connectivity index (χ2v) is 8.81. The van der Waals surface area contributed by atoms with Crippen molar-refractivity contribution in [3.05, 3.63) is 29.3 Å². The summed E-state index contributed by atoms with van der Waals surface area (Å²) in [6.07, 6.45) is 0.555. The van der Waals surface area contributed by atoms with Crippen LogP contribution in [-0.4, -0.2) is 74.0 Å². The molecule has 10 heteroatoms. The lowest BCUT2D eigenvalue weighted by atomic mass is 10.1. The first-order valence-corrected chi connectivity index (χ1v) is 11.2. The number of carboxylic acid groups (broad SMARTS) is 1. The quantitative estimate of drug-likeness (QED) is 0.351. The van der Waals surface area contributed by atoms with Gasteiger partial charge in [0.15, 0.2) is 0 Å². The van der Waals surface area contributed by atoms with Crippen LogP contribution in [0.2, 0.25) is 0 Å². The molecule has 0 fully saturated rings. The molecule has 0 aromatic heterocycles. The number of amides is 2. The van der Waals surface area contributed by atoms with Crippen LogP contribution in [0.4, 0.5) is 0 Å². The standard InChI is InChI=1S/C19H28N2O6S2/c1-13(22)20-16(19(25)21(2)3)12-28-29-17-6-5-14(10-26-4)9-15(17)7-8-27-11-18(23)24/h5-6,9,16H,7-8,10-12H2,1-4H3,(H,20,22)(H,23,24). The Morgan fingerprint density at radius 1 is 1.28 bits per heavy atom. The second kappa shape index (κ2) is 13.5. The third-order valence-electron chi connectivity index (χ3n) is 3.68. The average molecular weight is 445 g/mol. The molecule has 0 spiro atoms. The lowest BCUT2D eigenvalue weighted by molar-refractivity contribution is -0.142. The number of ether oxygens (including phenoxy) is 2. The average Bonchev–Trinajstić information content (AvgIpc) is 2.64. The van der Waals surface area contributed by atoms with Crippen molar-refractivity contribution < 1.29 is 29.0 Å². The van der Waals surface area contributed by atoms with E-state index in [1.807, 2.05) is 18.2 Å². The minimum Gasteiger partial charge on any atom is -0.480 e. The number of carboxylic acids is 1. The molecule has 162 valence electrons. The number of benzene rings is 1. The number of carbonyl (C=O) groups is 3. The molecule has 1 aromatic rings. The largest absolute Gasteiger partial charge is 0.480 e. The van der Waals surface area contributed by atoms with E-state index in [1.165, 1.54) is 33.4 Å². The zero-order chi connectivity index (χ0) is 21.8. The molecular weight excluding hydrogens is 416 g/mol. The minimum atomic E-state index is -1.00. The van der Waals surface area contributed by atoms with E-state index in [0.717, 1.165) is 16.0 Å². The van der Waals surface area contributed by atoms with Gasteiger partial charge in [0.25, 0.3) is 0 Å². The molecule has 0 heterocycles. The summed E-state index contributed by atoms with van der Waals surface area (Å²) in [6, 6.07) is 5.34. The Kier molecular flexibility index (Phi) is 11.7. The van der Waals surface area contributed by atoms with Gasteiger partial charge in [-0.1, -0.05) is 33.7 Å². The van der Waals surface area contributed by atoms with Gasteiger partial charge in [-0.2, -0.15) is 0 Å². The normalized spacial score (nSPS) is 11.7. The summed E-state index contributed by atoms with van der Waals surface area (Å²) in [6.45, 7) is 1.81. The molecule has 0 saturated carbocycles. The highest BCUT2D eigenvalue weighted by molar-refractivity contribution is 8.76. The molecule has 2 amide bonds. The molecule has 0 aliphatic rings. The maximum Gasteiger partial charge on any atom is 0.329 e. The SMILES string of the molecule is COCc1ccc(SSCC(NC(C)=O)C(=O)N(C)C)c(CCOCC(=O)O)c1. The summed E-state index contributed by atoms with van der Waals surface area (Å²) >= 11 is 0. The molecule has 0 radical (unpaired) electrons. The maximum absolute atomic E-state index is 12.2. The first kappa shape index (κ1) is 25.3. The van der Waals surface area contributed by atoms with E-state index in [1.54, 1.807) is 21.2 Å². The highest BCUT2D eigenvalue weighted by Gasteiger charge is 2.21. The molecule has 8 nitrogen and oxygen atoms in total. The zero-order valence-electron chi connectivity index (χ0n) is 17.1. The van der Waals surface area contributed by atoms with Crippen molar-refractivity contribution in [2.45, 2.75) is 30.9 Å². The van der Waals surface area contributed by atoms with Gasteiger partial charge in [0.05, 0.1) is 13.2 Å². The van der Waals surface area contributed by atoms with Gasteiger partial charge < -0.3 is 24.8 Å². The van der Waals surface area contributed by atoms with Gasteiger partial charge in [0, 0.05) is 38.8 Å². The number of nitrogens with zero attached hydrogens (tertiary/aromatic N) is 1. The van der Waals surface area contributed by atoms with Crippen LogP contribution in [-0.2, 0) is 36.9 Å². The van der Waals surface area contributed by atoms with Crippen LogP contribution in [0.3, 0.4) is 0 Å². The van der Waals surface area contributed by atoms with Crippen LogP contribution >= 0.6 is 21.6 Å². The maximum atomic E-state index is 12.2. The molecule has 0 bridgehead atoms. The van der Waals surface area contributed by atoms with E-state index in [2.05, 4.69) is 5.32 Å². The van der Waals surface area contributed by atoms with Gasteiger partial charge in [-0.05, 0) is 23.6 Å². The van der Waals surface area contributed by atoms with Crippen molar-refractivity contribution in [3.8, 4) is 0 Å². The fourth-order valence-corrected chi connectivity index (χ4v) is 4.83. The Morgan fingerprint density at radius 2 is 2.00 bits per heavy atom. The molecule has 1 rings (SSSR count). The van der Waals surface area contributed by atoms with Crippen LogP contribution in [0.25, 0.3) is 0 Å². The first-order chi connectivity index (χ1) is 13.7. The molecular formula is C19H28N2O6S2. The van der Waals surface area contributed by atoms with Crippen LogP contribution < -0.4 is 5.32 Å². The minimum absolute atomic E-state index is 0.161. The first-order valence-electron chi connectivity index (χ1n) is 8.92. The molecule has 0 saturated heterocycles. The van der Waals surface area contributed by atoms with Gasteiger partial charge in [0.2, 0.25) is 11.8 Å². The fourth-order valence-electron chi connectivity index (χ4n) is 2.40. The third-order valence-corrected chi connectivity index (χ3v) is 6.14. The van der Waals surface area contributed by atoms with E-state index >= 15 is 0 Å². The smallest absolute Gasteiger partial charge is 0.329 e. The molecule has 2 N–H and O–H groups in total. The number of hydrogen-bond acceptors (Lipinski definition) is 7. The molecule has 0 aliphatic heterocycles. The van der Waals surface area contributed by atoms with Crippen molar-refractivity contribution in [3.63, 3.8) is 0 Å². The Morgan fingerprint density at radius 3 is 2.59 bits per heavy atom. The van der Waals surface area contributed by atoms with Crippen molar-refractivity contribution in [2.75, 3.05) is 40.2 Å². The number of hydrogen-bond donors (Lipinski definition) is 2. The number of aliphatic carboxylic acids is 1. The predicted molar refractivity (Wildman–Crippen MR) is 114 cm³/mol. The van der Waals surface area contributed by atoms with E-state index in [-0.39, 0.29) is 25.0 Å². The summed E-state index contributed by atoms with van der Waals surface area (Å²) in [4.78, 5) is 36.7. The van der Waals surface area contributed by atoms with Gasteiger partial charge in [-0.3, -0.25) is 9.59 Å². The Bertz CT molecular complexity index is 699. The van der Waals surface area contributed by atoms with E-state index in [4.69, 9.17) is 14.6 Å². The van der Waals surface area contributed by atoms with Crippen LogP contribution in [0.5, 0.6) is 0 Å². The van der Waals surface area contributed by atoms with Crippen molar-refractivity contribution >= 4 is 39.4 Å². The van der Waals surface area contributed by atoms with Crippen LogP contribution in [0, 0.1) is 0 Å². The Labute approximate surface area is 179 Å². The Balaban J connectivity index is 2.77. The highest BCUT2D eigenvalue weighted by atomic mass is 33.1. The number of likely N-dealkylation sites (N-methyl/N-ethyl adjacent to an activating group) is 1. The number of carbonyl (C=O) groups excluding carboxylic acids is 2. The molecule has 1 atom stereocenters. The summed E-state index contributed by atoms with van der Waals surface area (Å²) in [5, 5.41) is 11.4. The summed E-state index contributed by atoms with van der Waals surface area (Å²) in [5.74, 6) is -1.00. The van der Waals surface area contributed by atoms with Crippen molar-refractivity contribution in [2.24, 2.45) is 0 Å². The van der Waals surface area contributed by atoms with E-state index in [9.17, 15) is 14.4 Å². The predicted octanol–water partition coefficient (Wildman–Crippen LogP) is 1.81. The second-order valence-electron chi connectivity index (χ2n) is 6.43. The monoisotopic (exact) mass is 444 g/mol. The van der Waals surface area contributed by atoms with Gasteiger partial charge in [-0.15, -0.1) is 0 Å². The Hall–Kier alpha value is -1.75. The summed E-state index contributed by atoms with van der Waals surface area (Å²) < 4.78 is 10.3. The van der Waals surface area contributed by atoms with E-state index in [0.29, 0.717) is 18.8 Å². The summed E-state index contributed by atoms with van der Waals surface area (Å²) in [7, 11) is 7.90.